The van der Waals surface area contributed by atoms with Crippen LogP contribution in [-0.2, 0) is 11.2 Å². The lowest BCUT2D eigenvalue weighted by atomic mass is 10.2. The van der Waals surface area contributed by atoms with Crippen LogP contribution in [-0.4, -0.2) is 22.3 Å². The first-order chi connectivity index (χ1) is 9.99. The summed E-state index contributed by atoms with van der Waals surface area (Å²) in [6.07, 6.45) is 1.56. The minimum Gasteiger partial charge on any atom is -0.506 e. The number of hydrogen-bond acceptors (Lipinski definition) is 5. The zero-order chi connectivity index (χ0) is 15.4. The van der Waals surface area contributed by atoms with Gasteiger partial charge in [-0.25, -0.2) is 5.43 Å². The summed E-state index contributed by atoms with van der Waals surface area (Å²) in [6, 6.07) is 5.23. The van der Waals surface area contributed by atoms with Gasteiger partial charge in [0.15, 0.2) is 0 Å². The van der Waals surface area contributed by atoms with Crippen molar-refractivity contribution in [3.8, 4) is 11.5 Å². The fraction of sp³-hybridized carbons (Fsp3) is 0.0769. The molecule has 0 aliphatic heterocycles. The summed E-state index contributed by atoms with van der Waals surface area (Å²) < 4.78 is 0.557. The molecule has 0 spiro atoms. The minimum absolute atomic E-state index is 0.105. The average molecular weight is 434 g/mol. The maximum Gasteiger partial charge on any atom is 0.245 e. The van der Waals surface area contributed by atoms with Crippen molar-refractivity contribution in [2.45, 2.75) is 6.42 Å². The molecule has 0 bridgehead atoms. The van der Waals surface area contributed by atoms with Crippen molar-refractivity contribution in [3.63, 3.8) is 0 Å². The highest BCUT2D eigenvalue weighted by Crippen LogP contribution is 2.40. The van der Waals surface area contributed by atoms with Gasteiger partial charge in [-0.2, -0.15) is 5.10 Å². The second kappa shape index (κ2) is 7.06. The summed E-state index contributed by atoms with van der Waals surface area (Å²) in [5.41, 5.74) is 2.73. The first kappa shape index (κ1) is 16.0. The third kappa shape index (κ3) is 4.05. The zero-order valence-corrected chi connectivity index (χ0v) is 14.5. The molecule has 1 amide bonds. The Kier molecular flexibility index (Phi) is 5.38. The highest BCUT2D eigenvalue weighted by Gasteiger charge is 2.12. The van der Waals surface area contributed by atoms with E-state index >= 15 is 0 Å². The molecule has 2 aromatic rings. The number of halogens is 2. The molecule has 0 unspecified atom stereocenters. The third-order valence-corrected chi connectivity index (χ3v) is 4.74. The number of phenols is 2. The standard InChI is InChI=1S/C13H10Br2N2O3S/c14-9-4-7(12(19)11(15)13(9)20)6-16-17-10(18)5-8-2-1-3-21-8/h1-4,6,19-20H,5H2,(H,17,18)/b16-6+. The van der Waals surface area contributed by atoms with E-state index in [2.05, 4.69) is 42.4 Å². The quantitative estimate of drug-likeness (QED) is 0.510. The number of amides is 1. The SMILES string of the molecule is O=C(Cc1cccs1)N/N=C/c1cc(Br)c(O)c(Br)c1O. The van der Waals surface area contributed by atoms with E-state index in [0.717, 1.165) is 4.88 Å². The van der Waals surface area contributed by atoms with Crippen molar-refractivity contribution in [1.29, 1.82) is 0 Å². The van der Waals surface area contributed by atoms with Crippen molar-refractivity contribution < 1.29 is 15.0 Å². The zero-order valence-electron chi connectivity index (χ0n) is 10.5. The van der Waals surface area contributed by atoms with Crippen molar-refractivity contribution in [1.82, 2.24) is 5.43 Å². The number of nitrogens with zero attached hydrogens (tertiary/aromatic N) is 1. The lowest BCUT2D eigenvalue weighted by Crippen LogP contribution is -2.19. The summed E-state index contributed by atoms with van der Waals surface area (Å²) >= 11 is 7.71. The number of carbonyl (C=O) groups excluding carboxylic acids is 1. The second-order valence-corrected chi connectivity index (χ2v) is 6.69. The number of rotatable bonds is 4. The fourth-order valence-electron chi connectivity index (χ4n) is 1.50. The van der Waals surface area contributed by atoms with Crippen molar-refractivity contribution >= 4 is 55.3 Å². The van der Waals surface area contributed by atoms with Crippen LogP contribution in [0.5, 0.6) is 11.5 Å². The summed E-state index contributed by atoms with van der Waals surface area (Å²) in [4.78, 5) is 12.6. The van der Waals surface area contributed by atoms with Gasteiger partial charge in [-0.15, -0.1) is 11.3 Å². The molecule has 0 radical (unpaired) electrons. The number of hydrogen-bond donors (Lipinski definition) is 3. The Balaban J connectivity index is 2.03. The van der Waals surface area contributed by atoms with Crippen LogP contribution >= 0.6 is 43.2 Å². The molecular formula is C13H10Br2N2O3S. The number of phenolic OH excluding ortho intramolecular Hbond substituents is 2. The van der Waals surface area contributed by atoms with Crippen molar-refractivity contribution in [2.75, 3.05) is 0 Å². The Morgan fingerprint density at radius 2 is 2.14 bits per heavy atom. The highest BCUT2D eigenvalue weighted by molar-refractivity contribution is 9.11. The van der Waals surface area contributed by atoms with Crippen LogP contribution in [0.25, 0.3) is 0 Å². The van der Waals surface area contributed by atoms with Gasteiger partial charge in [0.05, 0.1) is 17.1 Å². The van der Waals surface area contributed by atoms with Crippen LogP contribution in [0.3, 0.4) is 0 Å². The van der Waals surface area contributed by atoms with Gasteiger partial charge >= 0.3 is 0 Å². The van der Waals surface area contributed by atoms with Gasteiger partial charge in [-0.1, -0.05) is 6.07 Å². The third-order valence-electron chi connectivity index (χ3n) is 2.51. The summed E-state index contributed by atoms with van der Waals surface area (Å²) in [5.74, 6) is -0.511. The van der Waals surface area contributed by atoms with Gasteiger partial charge in [-0.3, -0.25) is 4.79 Å². The predicted molar refractivity (Wildman–Crippen MR) is 88.9 cm³/mol. The molecule has 0 atom stereocenters. The summed E-state index contributed by atoms with van der Waals surface area (Å²) in [6.45, 7) is 0. The monoisotopic (exact) mass is 432 g/mol. The van der Waals surface area contributed by atoms with Gasteiger partial charge in [0.1, 0.15) is 16.0 Å². The Labute approximate surface area is 141 Å². The Morgan fingerprint density at radius 3 is 2.81 bits per heavy atom. The average Bonchev–Trinajstić information content (AvgIpc) is 2.95. The molecule has 5 nitrogen and oxygen atoms in total. The predicted octanol–water partition coefficient (Wildman–Crippen LogP) is 3.38. The first-order valence-corrected chi connectivity index (χ1v) is 8.20. The second-order valence-electron chi connectivity index (χ2n) is 4.01. The number of nitrogens with one attached hydrogen (secondary N) is 1. The minimum atomic E-state index is -0.245. The van der Waals surface area contributed by atoms with E-state index in [0.29, 0.717) is 10.0 Å². The number of thiophene rings is 1. The maximum absolute atomic E-state index is 11.6. The Hall–Kier alpha value is -1.38. The van der Waals surface area contributed by atoms with E-state index in [1.54, 1.807) is 0 Å². The maximum atomic E-state index is 11.6. The van der Waals surface area contributed by atoms with Gasteiger partial charge in [-0.05, 0) is 49.4 Å². The number of hydrazone groups is 1. The van der Waals surface area contributed by atoms with Crippen LogP contribution in [0.2, 0.25) is 0 Å². The number of aromatic hydroxyl groups is 2. The fourth-order valence-corrected chi connectivity index (χ4v) is 3.36. The van der Waals surface area contributed by atoms with Crippen molar-refractivity contribution in [3.05, 3.63) is 43.0 Å². The lowest BCUT2D eigenvalue weighted by Gasteiger charge is -2.06. The van der Waals surface area contributed by atoms with E-state index in [-0.39, 0.29) is 28.3 Å². The molecular weight excluding hydrogens is 424 g/mol. The molecule has 0 aliphatic rings. The molecule has 0 saturated carbocycles. The number of benzene rings is 1. The molecule has 1 aromatic carbocycles. The largest absolute Gasteiger partial charge is 0.506 e. The number of carbonyl (C=O) groups is 1. The molecule has 21 heavy (non-hydrogen) atoms. The van der Waals surface area contributed by atoms with E-state index in [9.17, 15) is 15.0 Å². The normalized spacial score (nSPS) is 11.0. The molecule has 110 valence electrons. The molecule has 8 heteroatoms. The van der Waals surface area contributed by atoms with Crippen LogP contribution < -0.4 is 5.43 Å². The molecule has 1 heterocycles. The van der Waals surface area contributed by atoms with Gasteiger partial charge in [0, 0.05) is 10.4 Å². The van der Waals surface area contributed by atoms with Crippen LogP contribution in [0.4, 0.5) is 0 Å². The topological polar surface area (TPSA) is 81.9 Å². The Bertz CT molecular complexity index is 687. The van der Waals surface area contributed by atoms with Crippen LogP contribution in [0.1, 0.15) is 10.4 Å². The van der Waals surface area contributed by atoms with E-state index in [4.69, 9.17) is 0 Å². The van der Waals surface area contributed by atoms with E-state index in [1.807, 2.05) is 17.5 Å². The van der Waals surface area contributed by atoms with E-state index in [1.165, 1.54) is 23.6 Å². The molecule has 2 rings (SSSR count). The molecule has 0 aliphatic carbocycles. The summed E-state index contributed by atoms with van der Waals surface area (Å²) in [5, 5.41) is 25.1. The first-order valence-electron chi connectivity index (χ1n) is 5.73. The lowest BCUT2D eigenvalue weighted by molar-refractivity contribution is -0.120. The smallest absolute Gasteiger partial charge is 0.245 e. The molecule has 0 saturated heterocycles. The van der Waals surface area contributed by atoms with Gasteiger partial charge in [0.25, 0.3) is 0 Å². The molecule has 1 aromatic heterocycles. The summed E-state index contributed by atoms with van der Waals surface area (Å²) in [7, 11) is 0. The molecule has 3 N–H and O–H groups in total. The molecule has 0 fully saturated rings. The van der Waals surface area contributed by atoms with Gasteiger partial charge < -0.3 is 10.2 Å². The highest BCUT2D eigenvalue weighted by atomic mass is 79.9. The van der Waals surface area contributed by atoms with Gasteiger partial charge in [0.2, 0.25) is 5.91 Å². The van der Waals surface area contributed by atoms with Crippen molar-refractivity contribution in [2.24, 2.45) is 5.10 Å². The van der Waals surface area contributed by atoms with Crippen LogP contribution in [0, 0.1) is 0 Å². The van der Waals surface area contributed by atoms with E-state index < -0.39 is 0 Å². The van der Waals surface area contributed by atoms with Crippen LogP contribution in [0.15, 0.2) is 37.6 Å². The Morgan fingerprint density at radius 1 is 1.38 bits per heavy atom.